The molecule has 2 rings (SSSR count). The Hall–Kier alpha value is -2.04. The second-order valence-electron chi connectivity index (χ2n) is 7.45. The molecule has 0 atom stereocenters. The summed E-state index contributed by atoms with van der Waals surface area (Å²) in [5.41, 5.74) is 1.82. The van der Waals surface area contributed by atoms with Gasteiger partial charge in [0.15, 0.2) is 0 Å². The Morgan fingerprint density at radius 2 is 1.75 bits per heavy atom. The summed E-state index contributed by atoms with van der Waals surface area (Å²) in [5, 5.41) is 3.00. The van der Waals surface area contributed by atoms with Gasteiger partial charge in [0.1, 0.15) is 5.60 Å². The number of benzene rings is 1. The zero-order valence-electron chi connectivity index (χ0n) is 15.1. The summed E-state index contributed by atoms with van der Waals surface area (Å²) < 4.78 is 5.37. The summed E-state index contributed by atoms with van der Waals surface area (Å²) in [5.74, 6) is 0.0357. The number of carbonyl (C=O) groups excluding carboxylic acids is 2. The van der Waals surface area contributed by atoms with E-state index < -0.39 is 5.60 Å². The SMILES string of the molecule is Cc1ccc(CNC(=O)C2CCN(C(=O)OC(C)(C)C)CC2)cc1. The van der Waals surface area contributed by atoms with Crippen LogP contribution in [0.3, 0.4) is 0 Å². The second-order valence-corrected chi connectivity index (χ2v) is 7.45. The van der Waals surface area contributed by atoms with E-state index in [2.05, 4.69) is 5.32 Å². The van der Waals surface area contributed by atoms with Crippen LogP contribution in [0, 0.1) is 12.8 Å². The molecule has 5 nitrogen and oxygen atoms in total. The van der Waals surface area contributed by atoms with Crippen LogP contribution in [0.25, 0.3) is 0 Å². The molecule has 2 amide bonds. The van der Waals surface area contributed by atoms with Gasteiger partial charge in [-0.3, -0.25) is 4.79 Å². The molecule has 5 heteroatoms. The number of amides is 2. The highest BCUT2D eigenvalue weighted by Crippen LogP contribution is 2.20. The molecule has 0 spiro atoms. The molecule has 0 saturated carbocycles. The lowest BCUT2D eigenvalue weighted by Gasteiger charge is -2.32. The monoisotopic (exact) mass is 332 g/mol. The van der Waals surface area contributed by atoms with Gasteiger partial charge in [0, 0.05) is 25.6 Å². The summed E-state index contributed by atoms with van der Waals surface area (Å²) >= 11 is 0. The van der Waals surface area contributed by atoms with E-state index in [0.717, 1.165) is 5.56 Å². The Balaban J connectivity index is 1.76. The first-order chi connectivity index (χ1) is 11.2. The topological polar surface area (TPSA) is 58.6 Å². The molecule has 1 aliphatic rings. The van der Waals surface area contributed by atoms with Gasteiger partial charge in [-0.2, -0.15) is 0 Å². The number of likely N-dealkylation sites (tertiary alicyclic amines) is 1. The first-order valence-electron chi connectivity index (χ1n) is 8.56. The Bertz CT molecular complexity index is 567. The van der Waals surface area contributed by atoms with E-state index in [0.29, 0.717) is 32.5 Å². The van der Waals surface area contributed by atoms with Crippen LogP contribution in [0.1, 0.15) is 44.7 Å². The first kappa shape index (κ1) is 18.3. The van der Waals surface area contributed by atoms with Crippen molar-refractivity contribution in [1.29, 1.82) is 0 Å². The zero-order valence-corrected chi connectivity index (χ0v) is 15.1. The van der Waals surface area contributed by atoms with E-state index in [-0.39, 0.29) is 17.9 Å². The lowest BCUT2D eigenvalue weighted by Crippen LogP contribution is -2.44. The number of carbonyl (C=O) groups is 2. The molecule has 0 aromatic heterocycles. The standard InChI is InChI=1S/C19H28N2O3/c1-14-5-7-15(8-6-14)13-20-17(22)16-9-11-21(12-10-16)18(23)24-19(2,3)4/h5-8,16H,9-13H2,1-4H3,(H,20,22). The van der Waals surface area contributed by atoms with Gasteiger partial charge in [-0.25, -0.2) is 4.79 Å². The molecule has 1 aromatic rings. The van der Waals surface area contributed by atoms with Gasteiger partial charge in [-0.1, -0.05) is 29.8 Å². The Morgan fingerprint density at radius 1 is 1.17 bits per heavy atom. The number of nitrogens with zero attached hydrogens (tertiary/aromatic N) is 1. The van der Waals surface area contributed by atoms with E-state index in [1.807, 2.05) is 52.0 Å². The van der Waals surface area contributed by atoms with Crippen molar-refractivity contribution in [3.63, 3.8) is 0 Å². The van der Waals surface area contributed by atoms with Gasteiger partial charge in [0.05, 0.1) is 0 Å². The summed E-state index contributed by atoms with van der Waals surface area (Å²) in [6, 6.07) is 8.14. The molecule has 132 valence electrons. The van der Waals surface area contributed by atoms with E-state index in [1.165, 1.54) is 5.56 Å². The van der Waals surface area contributed by atoms with Crippen molar-refractivity contribution in [2.24, 2.45) is 5.92 Å². The fourth-order valence-electron chi connectivity index (χ4n) is 2.69. The zero-order chi connectivity index (χ0) is 17.7. The Labute approximate surface area is 144 Å². The van der Waals surface area contributed by atoms with E-state index in [4.69, 9.17) is 4.74 Å². The molecule has 24 heavy (non-hydrogen) atoms. The van der Waals surface area contributed by atoms with Gasteiger partial charge >= 0.3 is 6.09 Å². The van der Waals surface area contributed by atoms with Gasteiger partial charge in [0.2, 0.25) is 5.91 Å². The van der Waals surface area contributed by atoms with Crippen molar-refractivity contribution in [3.8, 4) is 0 Å². The van der Waals surface area contributed by atoms with Crippen LogP contribution in [-0.4, -0.2) is 35.6 Å². The molecular weight excluding hydrogens is 304 g/mol. The molecule has 0 unspecified atom stereocenters. The average molecular weight is 332 g/mol. The number of nitrogens with one attached hydrogen (secondary N) is 1. The summed E-state index contributed by atoms with van der Waals surface area (Å²) in [6.45, 7) is 9.30. The van der Waals surface area contributed by atoms with Crippen molar-refractivity contribution >= 4 is 12.0 Å². The highest BCUT2D eigenvalue weighted by molar-refractivity contribution is 5.79. The van der Waals surface area contributed by atoms with Crippen molar-refractivity contribution in [2.75, 3.05) is 13.1 Å². The molecular formula is C19H28N2O3. The van der Waals surface area contributed by atoms with Crippen LogP contribution in [0.4, 0.5) is 4.79 Å². The molecule has 1 saturated heterocycles. The minimum Gasteiger partial charge on any atom is -0.444 e. The van der Waals surface area contributed by atoms with Gasteiger partial charge in [0.25, 0.3) is 0 Å². The number of hydrogen-bond donors (Lipinski definition) is 1. The third-order valence-electron chi connectivity index (χ3n) is 4.10. The molecule has 0 aliphatic carbocycles. The lowest BCUT2D eigenvalue weighted by atomic mass is 9.96. The van der Waals surface area contributed by atoms with Crippen LogP contribution < -0.4 is 5.32 Å². The smallest absolute Gasteiger partial charge is 0.410 e. The highest BCUT2D eigenvalue weighted by Gasteiger charge is 2.29. The number of aryl methyl sites for hydroxylation is 1. The van der Waals surface area contributed by atoms with Gasteiger partial charge in [-0.05, 0) is 46.1 Å². The Kier molecular flexibility index (Phi) is 5.86. The predicted molar refractivity (Wildman–Crippen MR) is 93.6 cm³/mol. The maximum absolute atomic E-state index is 12.3. The lowest BCUT2D eigenvalue weighted by molar-refractivity contribution is -0.126. The molecule has 0 radical (unpaired) electrons. The quantitative estimate of drug-likeness (QED) is 0.924. The molecule has 1 aliphatic heterocycles. The van der Waals surface area contributed by atoms with E-state index in [1.54, 1.807) is 4.90 Å². The normalized spacial score (nSPS) is 15.9. The number of hydrogen-bond acceptors (Lipinski definition) is 3. The highest BCUT2D eigenvalue weighted by atomic mass is 16.6. The fourth-order valence-corrected chi connectivity index (χ4v) is 2.69. The van der Waals surface area contributed by atoms with Crippen LogP contribution in [0.5, 0.6) is 0 Å². The van der Waals surface area contributed by atoms with Crippen molar-refractivity contribution in [3.05, 3.63) is 35.4 Å². The van der Waals surface area contributed by atoms with Crippen molar-refractivity contribution in [2.45, 2.75) is 52.7 Å². The number of ether oxygens (including phenoxy) is 1. The van der Waals surface area contributed by atoms with Crippen LogP contribution in [0.2, 0.25) is 0 Å². The third-order valence-corrected chi connectivity index (χ3v) is 4.10. The van der Waals surface area contributed by atoms with E-state index >= 15 is 0 Å². The van der Waals surface area contributed by atoms with Crippen molar-refractivity contribution in [1.82, 2.24) is 10.2 Å². The summed E-state index contributed by atoms with van der Waals surface area (Å²) in [4.78, 5) is 26.0. The van der Waals surface area contributed by atoms with Crippen LogP contribution >= 0.6 is 0 Å². The molecule has 1 fully saturated rings. The second kappa shape index (κ2) is 7.69. The maximum Gasteiger partial charge on any atom is 0.410 e. The third kappa shape index (κ3) is 5.55. The average Bonchev–Trinajstić information content (AvgIpc) is 2.52. The maximum atomic E-state index is 12.3. The Morgan fingerprint density at radius 3 is 2.29 bits per heavy atom. The first-order valence-corrected chi connectivity index (χ1v) is 8.56. The molecule has 1 N–H and O–H groups in total. The molecule has 1 aromatic carbocycles. The minimum absolute atomic E-state index is 0.0332. The van der Waals surface area contributed by atoms with Crippen LogP contribution in [-0.2, 0) is 16.1 Å². The predicted octanol–water partition coefficient (Wildman–Crippen LogP) is 3.26. The minimum atomic E-state index is -0.487. The van der Waals surface area contributed by atoms with Crippen molar-refractivity contribution < 1.29 is 14.3 Å². The molecule has 0 bridgehead atoms. The number of rotatable bonds is 3. The summed E-state index contributed by atoms with van der Waals surface area (Å²) in [6.07, 6.45) is 1.07. The van der Waals surface area contributed by atoms with E-state index in [9.17, 15) is 9.59 Å². The largest absolute Gasteiger partial charge is 0.444 e. The fraction of sp³-hybridized carbons (Fsp3) is 0.579. The molecule has 1 heterocycles. The van der Waals surface area contributed by atoms with Gasteiger partial charge in [-0.15, -0.1) is 0 Å². The van der Waals surface area contributed by atoms with Gasteiger partial charge < -0.3 is 15.0 Å². The van der Waals surface area contributed by atoms with Crippen LogP contribution in [0.15, 0.2) is 24.3 Å². The summed E-state index contributed by atoms with van der Waals surface area (Å²) in [7, 11) is 0. The number of piperidine rings is 1.